The van der Waals surface area contributed by atoms with E-state index in [1.807, 2.05) is 37.3 Å². The average Bonchev–Trinajstić information content (AvgIpc) is 3.28. The number of rotatable bonds is 8. The molecule has 6 nitrogen and oxygen atoms in total. The highest BCUT2D eigenvalue weighted by molar-refractivity contribution is 8.01. The lowest BCUT2D eigenvalue weighted by Crippen LogP contribution is -2.17. The number of thioether (sulfide) groups is 1. The zero-order valence-electron chi connectivity index (χ0n) is 17.5. The van der Waals surface area contributed by atoms with Gasteiger partial charge in [0.1, 0.15) is 0 Å². The third-order valence-electron chi connectivity index (χ3n) is 4.66. The smallest absolute Gasteiger partial charge is 0.234 e. The van der Waals surface area contributed by atoms with Gasteiger partial charge >= 0.3 is 0 Å². The number of aryl methyl sites for hydroxylation is 1. The van der Waals surface area contributed by atoms with Gasteiger partial charge in [0.05, 0.1) is 11.4 Å². The fourth-order valence-electron chi connectivity index (χ4n) is 3.02. The highest BCUT2D eigenvalue weighted by Crippen LogP contribution is 2.29. The molecule has 0 fully saturated rings. The van der Waals surface area contributed by atoms with E-state index in [2.05, 4.69) is 20.8 Å². The van der Waals surface area contributed by atoms with Gasteiger partial charge in [-0.25, -0.2) is 0 Å². The first kappa shape index (κ1) is 23.0. The third kappa shape index (κ3) is 5.98. The van der Waals surface area contributed by atoms with Gasteiger partial charge in [0.2, 0.25) is 11.0 Å². The van der Waals surface area contributed by atoms with Gasteiger partial charge in [-0.05, 0) is 36.8 Å². The molecule has 3 aromatic carbocycles. The number of benzene rings is 3. The predicted molar refractivity (Wildman–Crippen MR) is 135 cm³/mol. The van der Waals surface area contributed by atoms with Crippen molar-refractivity contribution in [3.05, 3.63) is 94.5 Å². The van der Waals surface area contributed by atoms with E-state index >= 15 is 0 Å². The Labute approximate surface area is 204 Å². The second kappa shape index (κ2) is 10.6. The van der Waals surface area contributed by atoms with Crippen molar-refractivity contribution in [3.8, 4) is 0 Å². The molecule has 0 saturated carbocycles. The van der Waals surface area contributed by atoms with E-state index in [4.69, 9.17) is 11.6 Å². The van der Waals surface area contributed by atoms with Crippen LogP contribution in [0.1, 0.15) is 21.5 Å². The molecule has 4 rings (SSSR count). The monoisotopic (exact) mass is 494 g/mol. The Hall–Kier alpha value is -3.20. The van der Waals surface area contributed by atoms with Crippen LogP contribution in [-0.4, -0.2) is 27.6 Å². The summed E-state index contributed by atoms with van der Waals surface area (Å²) < 4.78 is 0.665. The number of carbonyl (C=O) groups excluding carboxylic acids is 2. The average molecular weight is 495 g/mol. The number of halogens is 1. The summed E-state index contributed by atoms with van der Waals surface area (Å²) in [5.41, 5.74) is 3.34. The van der Waals surface area contributed by atoms with Crippen LogP contribution in [0.3, 0.4) is 0 Å². The Morgan fingerprint density at radius 2 is 1.73 bits per heavy atom. The predicted octanol–water partition coefficient (Wildman–Crippen LogP) is 6.21. The van der Waals surface area contributed by atoms with Gasteiger partial charge in [0.25, 0.3) is 0 Å². The molecule has 166 valence electrons. The molecular formula is C24H19ClN4O2S2. The molecule has 0 aliphatic rings. The number of ketones is 1. The normalized spacial score (nSPS) is 10.6. The minimum absolute atomic E-state index is 0.126. The lowest BCUT2D eigenvalue weighted by Gasteiger charge is -2.11. The summed E-state index contributed by atoms with van der Waals surface area (Å²) >= 11 is 8.76. The van der Waals surface area contributed by atoms with Crippen LogP contribution in [0, 0.1) is 6.92 Å². The first-order valence-electron chi connectivity index (χ1n) is 9.98. The SMILES string of the molecule is Cc1ccccc1Nc1nnc(SCC(=O)Nc2ccc(Cl)cc2C(=O)c2ccccc2)s1. The van der Waals surface area contributed by atoms with Gasteiger partial charge in [-0.15, -0.1) is 10.2 Å². The summed E-state index contributed by atoms with van der Waals surface area (Å²) in [7, 11) is 0. The second-order valence-corrected chi connectivity index (χ2v) is 9.67. The van der Waals surface area contributed by atoms with Gasteiger partial charge in [0.15, 0.2) is 10.1 Å². The van der Waals surface area contributed by atoms with E-state index in [9.17, 15) is 9.59 Å². The molecule has 0 radical (unpaired) electrons. The number of aromatic nitrogens is 2. The Kier molecular flexibility index (Phi) is 7.39. The zero-order valence-corrected chi connectivity index (χ0v) is 19.9. The third-order valence-corrected chi connectivity index (χ3v) is 6.86. The number of carbonyl (C=O) groups is 2. The molecule has 0 spiro atoms. The molecule has 33 heavy (non-hydrogen) atoms. The number of amides is 1. The molecule has 9 heteroatoms. The summed E-state index contributed by atoms with van der Waals surface area (Å²) in [5.74, 6) is -0.342. The molecule has 1 aromatic heterocycles. The minimum Gasteiger partial charge on any atom is -0.330 e. The molecular weight excluding hydrogens is 476 g/mol. The number of hydrogen-bond donors (Lipinski definition) is 2. The molecule has 0 aliphatic carbocycles. The topological polar surface area (TPSA) is 84.0 Å². The molecule has 4 aromatic rings. The Morgan fingerprint density at radius 3 is 2.52 bits per heavy atom. The quantitative estimate of drug-likeness (QED) is 0.224. The van der Waals surface area contributed by atoms with Gasteiger partial charge < -0.3 is 10.6 Å². The van der Waals surface area contributed by atoms with E-state index < -0.39 is 0 Å². The number of nitrogens with one attached hydrogen (secondary N) is 2. The summed E-state index contributed by atoms with van der Waals surface area (Å²) in [6.45, 7) is 2.01. The second-order valence-electron chi connectivity index (χ2n) is 7.03. The van der Waals surface area contributed by atoms with Crippen LogP contribution in [0.2, 0.25) is 5.02 Å². The molecule has 0 unspecified atom stereocenters. The van der Waals surface area contributed by atoms with Crippen molar-refractivity contribution >= 4 is 62.9 Å². The number of nitrogens with zero attached hydrogens (tertiary/aromatic N) is 2. The summed E-state index contributed by atoms with van der Waals surface area (Å²) in [5, 5.41) is 15.4. The van der Waals surface area contributed by atoms with E-state index in [1.165, 1.54) is 23.1 Å². The maximum absolute atomic E-state index is 12.9. The molecule has 1 amide bonds. The lowest BCUT2D eigenvalue weighted by molar-refractivity contribution is -0.113. The fourth-order valence-corrected chi connectivity index (χ4v) is 4.76. The number of para-hydroxylation sites is 1. The molecule has 1 heterocycles. The van der Waals surface area contributed by atoms with Crippen LogP contribution in [0.15, 0.2) is 77.1 Å². The Bertz CT molecular complexity index is 1290. The number of anilines is 3. The number of hydrogen-bond acceptors (Lipinski definition) is 7. The maximum Gasteiger partial charge on any atom is 0.234 e. The molecule has 0 atom stereocenters. The van der Waals surface area contributed by atoms with Crippen LogP contribution in [0.5, 0.6) is 0 Å². The van der Waals surface area contributed by atoms with Crippen molar-refractivity contribution < 1.29 is 9.59 Å². The van der Waals surface area contributed by atoms with E-state index in [0.717, 1.165) is 11.3 Å². The van der Waals surface area contributed by atoms with E-state index in [-0.39, 0.29) is 17.4 Å². The van der Waals surface area contributed by atoms with Gasteiger partial charge in [-0.3, -0.25) is 9.59 Å². The molecule has 0 saturated heterocycles. The fraction of sp³-hybridized carbons (Fsp3) is 0.0833. The maximum atomic E-state index is 12.9. The molecule has 2 N–H and O–H groups in total. The van der Waals surface area contributed by atoms with Gasteiger partial charge in [-0.1, -0.05) is 83.2 Å². The minimum atomic E-state index is -0.256. The van der Waals surface area contributed by atoms with Crippen LogP contribution in [-0.2, 0) is 4.79 Å². The Morgan fingerprint density at radius 1 is 0.970 bits per heavy atom. The zero-order chi connectivity index (χ0) is 23.2. The van der Waals surface area contributed by atoms with Crippen LogP contribution in [0.4, 0.5) is 16.5 Å². The van der Waals surface area contributed by atoms with Crippen LogP contribution < -0.4 is 10.6 Å². The van der Waals surface area contributed by atoms with Crippen molar-refractivity contribution in [2.45, 2.75) is 11.3 Å². The van der Waals surface area contributed by atoms with E-state index in [1.54, 1.807) is 42.5 Å². The molecule has 0 aliphatic heterocycles. The van der Waals surface area contributed by atoms with Gasteiger partial charge in [-0.2, -0.15) is 0 Å². The van der Waals surface area contributed by atoms with Crippen molar-refractivity contribution in [3.63, 3.8) is 0 Å². The molecule has 0 bridgehead atoms. The van der Waals surface area contributed by atoms with Crippen molar-refractivity contribution in [2.75, 3.05) is 16.4 Å². The van der Waals surface area contributed by atoms with E-state index in [0.29, 0.717) is 31.3 Å². The standard InChI is InChI=1S/C24H19ClN4O2S2/c1-15-7-5-6-10-19(15)27-23-28-29-24(33-23)32-14-21(30)26-20-12-11-17(25)13-18(20)22(31)16-8-3-2-4-9-16/h2-13H,14H2,1H3,(H,26,30)(H,27,28). The Balaban J connectivity index is 1.39. The van der Waals surface area contributed by atoms with Crippen LogP contribution in [0.25, 0.3) is 0 Å². The first-order chi connectivity index (χ1) is 16.0. The largest absolute Gasteiger partial charge is 0.330 e. The summed E-state index contributed by atoms with van der Waals surface area (Å²) in [4.78, 5) is 25.5. The summed E-state index contributed by atoms with van der Waals surface area (Å²) in [6, 6.07) is 21.6. The first-order valence-corrected chi connectivity index (χ1v) is 12.2. The van der Waals surface area contributed by atoms with Crippen molar-refractivity contribution in [2.24, 2.45) is 0 Å². The van der Waals surface area contributed by atoms with Crippen LogP contribution >= 0.6 is 34.7 Å². The lowest BCUT2D eigenvalue weighted by atomic mass is 10.0. The highest BCUT2D eigenvalue weighted by Gasteiger charge is 2.17. The van der Waals surface area contributed by atoms with Crippen molar-refractivity contribution in [1.82, 2.24) is 10.2 Å². The highest BCUT2D eigenvalue weighted by atomic mass is 35.5. The summed E-state index contributed by atoms with van der Waals surface area (Å²) in [6.07, 6.45) is 0. The van der Waals surface area contributed by atoms with Crippen molar-refractivity contribution in [1.29, 1.82) is 0 Å². The van der Waals surface area contributed by atoms with Gasteiger partial charge in [0, 0.05) is 21.8 Å².